The molecule has 0 bridgehead atoms. The van der Waals surface area contributed by atoms with Crippen LogP contribution in [0.3, 0.4) is 0 Å². The van der Waals surface area contributed by atoms with Gasteiger partial charge in [0.2, 0.25) is 0 Å². The van der Waals surface area contributed by atoms with Crippen LogP contribution >= 0.6 is 0 Å². The lowest BCUT2D eigenvalue weighted by Crippen LogP contribution is -2.25. The molecule has 0 amide bonds. The van der Waals surface area contributed by atoms with Crippen molar-refractivity contribution in [3.05, 3.63) is 23.8 Å². The van der Waals surface area contributed by atoms with E-state index in [-0.39, 0.29) is 0 Å². The molecule has 1 aliphatic rings. The van der Waals surface area contributed by atoms with E-state index in [2.05, 4.69) is 61.4 Å². The van der Waals surface area contributed by atoms with E-state index in [1.165, 1.54) is 36.2 Å². The Morgan fingerprint density at radius 1 is 1.21 bits per heavy atom. The monoisotopic (exact) mass is 261 g/mol. The first-order valence-electron chi connectivity index (χ1n) is 7.31. The highest BCUT2D eigenvalue weighted by atomic mass is 15.1. The van der Waals surface area contributed by atoms with Gasteiger partial charge in [0.25, 0.3) is 0 Å². The van der Waals surface area contributed by atoms with Gasteiger partial charge in [-0.05, 0) is 70.6 Å². The third kappa shape index (κ3) is 3.87. The zero-order valence-corrected chi connectivity index (χ0v) is 12.7. The molecule has 1 aromatic carbocycles. The Bertz CT molecular complexity index is 414. The molecule has 2 rings (SSSR count). The van der Waals surface area contributed by atoms with E-state index in [4.69, 9.17) is 0 Å². The van der Waals surface area contributed by atoms with Crippen molar-refractivity contribution in [2.24, 2.45) is 0 Å². The maximum Gasteiger partial charge on any atom is 0.0376 e. The van der Waals surface area contributed by atoms with Crippen molar-refractivity contribution >= 4 is 11.4 Å². The summed E-state index contributed by atoms with van der Waals surface area (Å²) in [5, 5.41) is 3.56. The Morgan fingerprint density at radius 2 is 2.00 bits per heavy atom. The predicted octanol–water partition coefficient (Wildman–Crippen LogP) is 2.82. The lowest BCUT2D eigenvalue weighted by molar-refractivity contribution is 0.401. The van der Waals surface area contributed by atoms with Crippen LogP contribution in [0.2, 0.25) is 0 Å². The van der Waals surface area contributed by atoms with E-state index < -0.39 is 0 Å². The van der Waals surface area contributed by atoms with E-state index >= 15 is 0 Å². The quantitative estimate of drug-likeness (QED) is 0.879. The van der Waals surface area contributed by atoms with Gasteiger partial charge in [-0.15, -0.1) is 0 Å². The van der Waals surface area contributed by atoms with Crippen LogP contribution < -0.4 is 10.2 Å². The summed E-state index contributed by atoms with van der Waals surface area (Å²) >= 11 is 0. The minimum atomic E-state index is 0.608. The fourth-order valence-corrected chi connectivity index (χ4v) is 2.63. The van der Waals surface area contributed by atoms with Crippen molar-refractivity contribution in [3.8, 4) is 0 Å². The number of nitrogens with one attached hydrogen (secondary N) is 1. The molecule has 1 aliphatic heterocycles. The third-order valence-corrected chi connectivity index (χ3v) is 3.88. The second kappa shape index (κ2) is 6.29. The fraction of sp³-hybridized carbons (Fsp3) is 0.625. The standard InChI is InChI=1S/C16H27N3/c1-13-6-7-14-12-15(8-9-16(14)17-13)19(4)11-5-10-18(2)3/h8-9,12-13,17H,5-7,10-11H2,1-4H3. The number of nitrogens with zero attached hydrogens (tertiary/aromatic N) is 2. The van der Waals surface area contributed by atoms with Crippen LogP contribution in [0, 0.1) is 0 Å². The maximum atomic E-state index is 3.56. The Kier molecular flexibility index (Phi) is 4.70. The number of aryl methyl sites for hydroxylation is 1. The molecule has 3 nitrogen and oxygen atoms in total. The van der Waals surface area contributed by atoms with Gasteiger partial charge >= 0.3 is 0 Å². The molecule has 0 radical (unpaired) electrons. The lowest BCUT2D eigenvalue weighted by Gasteiger charge is -2.27. The van der Waals surface area contributed by atoms with Crippen LogP contribution in [-0.2, 0) is 6.42 Å². The Labute approximate surface area is 117 Å². The van der Waals surface area contributed by atoms with Crippen LogP contribution in [0.15, 0.2) is 18.2 Å². The van der Waals surface area contributed by atoms with Crippen LogP contribution in [0.5, 0.6) is 0 Å². The van der Waals surface area contributed by atoms with Crippen LogP contribution in [0.4, 0.5) is 11.4 Å². The summed E-state index contributed by atoms with van der Waals surface area (Å²) in [6.45, 7) is 4.51. The van der Waals surface area contributed by atoms with E-state index in [0.717, 1.165) is 13.1 Å². The van der Waals surface area contributed by atoms with Crippen molar-refractivity contribution in [2.75, 3.05) is 44.4 Å². The number of benzene rings is 1. The minimum Gasteiger partial charge on any atom is -0.382 e. The first kappa shape index (κ1) is 14.2. The van der Waals surface area contributed by atoms with Gasteiger partial charge in [-0.1, -0.05) is 0 Å². The summed E-state index contributed by atoms with van der Waals surface area (Å²) in [5.74, 6) is 0. The molecular weight excluding hydrogens is 234 g/mol. The highest BCUT2D eigenvalue weighted by molar-refractivity contribution is 5.62. The Hall–Kier alpha value is -1.22. The van der Waals surface area contributed by atoms with E-state index in [1.54, 1.807) is 0 Å². The second-order valence-corrected chi connectivity index (χ2v) is 6.00. The summed E-state index contributed by atoms with van der Waals surface area (Å²) in [6, 6.07) is 7.43. The molecule has 0 spiro atoms. The van der Waals surface area contributed by atoms with E-state index in [1.807, 2.05) is 0 Å². The molecule has 19 heavy (non-hydrogen) atoms. The summed E-state index contributed by atoms with van der Waals surface area (Å²) < 4.78 is 0. The van der Waals surface area contributed by atoms with Crippen molar-refractivity contribution in [3.63, 3.8) is 0 Å². The largest absolute Gasteiger partial charge is 0.382 e. The molecule has 1 N–H and O–H groups in total. The van der Waals surface area contributed by atoms with Crippen molar-refractivity contribution in [1.29, 1.82) is 0 Å². The second-order valence-electron chi connectivity index (χ2n) is 6.00. The molecule has 0 fully saturated rings. The fourth-order valence-electron chi connectivity index (χ4n) is 2.63. The molecule has 1 heterocycles. The van der Waals surface area contributed by atoms with Gasteiger partial charge in [0, 0.05) is 31.0 Å². The molecule has 0 saturated heterocycles. The van der Waals surface area contributed by atoms with Crippen molar-refractivity contribution in [1.82, 2.24) is 4.90 Å². The summed E-state index contributed by atoms with van der Waals surface area (Å²) in [7, 11) is 6.45. The molecule has 0 aliphatic carbocycles. The van der Waals surface area contributed by atoms with Crippen LogP contribution in [-0.4, -0.2) is 45.2 Å². The SMILES string of the molecule is CC1CCc2cc(N(C)CCCN(C)C)ccc2N1. The molecule has 0 saturated carbocycles. The van der Waals surface area contributed by atoms with Gasteiger partial charge in [0.15, 0.2) is 0 Å². The summed E-state index contributed by atoms with van der Waals surface area (Å²) in [6.07, 6.45) is 3.64. The first-order chi connectivity index (χ1) is 9.06. The summed E-state index contributed by atoms with van der Waals surface area (Å²) in [5.41, 5.74) is 4.13. The molecule has 1 aromatic rings. The van der Waals surface area contributed by atoms with Crippen LogP contribution in [0.25, 0.3) is 0 Å². The van der Waals surface area contributed by atoms with Crippen LogP contribution in [0.1, 0.15) is 25.3 Å². The van der Waals surface area contributed by atoms with E-state index in [0.29, 0.717) is 6.04 Å². The zero-order valence-electron chi connectivity index (χ0n) is 12.7. The van der Waals surface area contributed by atoms with E-state index in [9.17, 15) is 0 Å². The van der Waals surface area contributed by atoms with Gasteiger partial charge < -0.3 is 15.1 Å². The van der Waals surface area contributed by atoms with Crippen molar-refractivity contribution in [2.45, 2.75) is 32.2 Å². The topological polar surface area (TPSA) is 18.5 Å². The third-order valence-electron chi connectivity index (χ3n) is 3.88. The maximum absolute atomic E-state index is 3.56. The average Bonchev–Trinajstić information content (AvgIpc) is 2.37. The van der Waals surface area contributed by atoms with Gasteiger partial charge in [-0.25, -0.2) is 0 Å². The van der Waals surface area contributed by atoms with Gasteiger partial charge in [-0.2, -0.15) is 0 Å². The molecule has 1 unspecified atom stereocenters. The predicted molar refractivity (Wildman–Crippen MR) is 84.3 cm³/mol. The molecular formula is C16H27N3. The van der Waals surface area contributed by atoms with Crippen molar-refractivity contribution < 1.29 is 0 Å². The Balaban J connectivity index is 1.97. The van der Waals surface area contributed by atoms with Gasteiger partial charge in [-0.3, -0.25) is 0 Å². The normalized spacial score (nSPS) is 18.1. The van der Waals surface area contributed by atoms with Gasteiger partial charge in [0.1, 0.15) is 0 Å². The lowest BCUT2D eigenvalue weighted by atomic mass is 9.98. The molecule has 0 aromatic heterocycles. The number of hydrogen-bond donors (Lipinski definition) is 1. The highest BCUT2D eigenvalue weighted by Gasteiger charge is 2.14. The number of anilines is 2. The Morgan fingerprint density at radius 3 is 2.74 bits per heavy atom. The van der Waals surface area contributed by atoms with Gasteiger partial charge in [0.05, 0.1) is 0 Å². The highest BCUT2D eigenvalue weighted by Crippen LogP contribution is 2.28. The molecule has 106 valence electrons. The average molecular weight is 261 g/mol. The smallest absolute Gasteiger partial charge is 0.0376 e. The molecule has 3 heteroatoms. The minimum absolute atomic E-state index is 0.608. The number of fused-ring (bicyclic) bond motifs is 1. The summed E-state index contributed by atoms with van der Waals surface area (Å²) in [4.78, 5) is 4.60. The zero-order chi connectivity index (χ0) is 13.8. The number of rotatable bonds is 5. The molecule has 1 atom stereocenters. The number of hydrogen-bond acceptors (Lipinski definition) is 3. The first-order valence-corrected chi connectivity index (χ1v) is 7.31.